The summed E-state index contributed by atoms with van der Waals surface area (Å²) < 4.78 is 6.67. The number of esters is 1. The Bertz CT molecular complexity index is 1360. The van der Waals surface area contributed by atoms with E-state index in [0.717, 1.165) is 22.0 Å². The van der Waals surface area contributed by atoms with Crippen LogP contribution in [0.15, 0.2) is 71.5 Å². The molecule has 0 spiro atoms. The summed E-state index contributed by atoms with van der Waals surface area (Å²) in [6.45, 7) is 5.72. The van der Waals surface area contributed by atoms with E-state index in [0.29, 0.717) is 22.7 Å². The third-order valence-corrected chi connectivity index (χ3v) is 4.71. The molecule has 4 rings (SSSR count). The van der Waals surface area contributed by atoms with E-state index in [1.807, 2.05) is 42.5 Å². The van der Waals surface area contributed by atoms with E-state index in [4.69, 9.17) is 4.74 Å². The van der Waals surface area contributed by atoms with Gasteiger partial charge in [-0.25, -0.2) is 4.68 Å². The van der Waals surface area contributed by atoms with E-state index in [1.54, 1.807) is 37.3 Å². The zero-order valence-corrected chi connectivity index (χ0v) is 16.0. The second-order valence-corrected chi connectivity index (χ2v) is 6.72. The molecule has 0 aliphatic carbocycles. The van der Waals surface area contributed by atoms with Gasteiger partial charge in [-0.2, -0.15) is 0 Å². The molecule has 3 aromatic carbocycles. The van der Waals surface area contributed by atoms with Crippen molar-refractivity contribution in [1.29, 1.82) is 0 Å². The Labute approximate surface area is 167 Å². The SMILES string of the molecule is C=c1[nH]n(-c2ccc3ccccc3c2)c(=O)/c1=C\c1ccc(OC(=O)CC)cc1. The fourth-order valence-electron chi connectivity index (χ4n) is 3.14. The smallest absolute Gasteiger partial charge is 0.310 e. The molecule has 4 aromatic rings. The molecular weight excluding hydrogens is 364 g/mol. The van der Waals surface area contributed by atoms with Gasteiger partial charge in [-0.3, -0.25) is 14.7 Å². The van der Waals surface area contributed by atoms with Crippen LogP contribution in [0, 0.1) is 0 Å². The Kier molecular flexibility index (Phi) is 4.87. The fourth-order valence-corrected chi connectivity index (χ4v) is 3.14. The van der Waals surface area contributed by atoms with Crippen LogP contribution < -0.4 is 20.9 Å². The molecule has 29 heavy (non-hydrogen) atoms. The molecule has 144 valence electrons. The van der Waals surface area contributed by atoms with Gasteiger partial charge >= 0.3 is 5.97 Å². The lowest BCUT2D eigenvalue weighted by molar-refractivity contribution is -0.134. The van der Waals surface area contributed by atoms with Gasteiger partial charge in [0.25, 0.3) is 5.56 Å². The second-order valence-electron chi connectivity index (χ2n) is 6.72. The Hall–Kier alpha value is -3.86. The normalized spacial score (nSPS) is 11.7. The van der Waals surface area contributed by atoms with Crippen molar-refractivity contribution >= 4 is 29.4 Å². The van der Waals surface area contributed by atoms with E-state index in [2.05, 4.69) is 11.7 Å². The van der Waals surface area contributed by atoms with Crippen molar-refractivity contribution in [3.63, 3.8) is 0 Å². The lowest BCUT2D eigenvalue weighted by atomic mass is 10.1. The molecule has 0 bridgehead atoms. The first-order chi connectivity index (χ1) is 14.0. The van der Waals surface area contributed by atoms with Gasteiger partial charge in [0, 0.05) is 6.42 Å². The molecule has 0 radical (unpaired) electrons. The third kappa shape index (κ3) is 3.75. The van der Waals surface area contributed by atoms with Crippen molar-refractivity contribution in [2.75, 3.05) is 0 Å². The van der Waals surface area contributed by atoms with Crippen molar-refractivity contribution < 1.29 is 9.53 Å². The van der Waals surface area contributed by atoms with Crippen LogP contribution in [0.25, 0.3) is 29.1 Å². The highest BCUT2D eigenvalue weighted by Crippen LogP contribution is 2.17. The number of aromatic amines is 1. The van der Waals surface area contributed by atoms with E-state index >= 15 is 0 Å². The number of aromatic nitrogens is 2. The average molecular weight is 384 g/mol. The van der Waals surface area contributed by atoms with Gasteiger partial charge in [-0.05, 0) is 46.7 Å². The molecule has 1 heterocycles. The van der Waals surface area contributed by atoms with Gasteiger partial charge in [0.2, 0.25) is 0 Å². The number of carbonyl (C=O) groups excluding carboxylic acids is 1. The highest BCUT2D eigenvalue weighted by Gasteiger charge is 2.06. The molecule has 0 aliphatic rings. The van der Waals surface area contributed by atoms with Crippen LogP contribution in [0.3, 0.4) is 0 Å². The molecule has 0 unspecified atom stereocenters. The van der Waals surface area contributed by atoms with Crippen molar-refractivity contribution in [2.24, 2.45) is 0 Å². The number of nitrogens with zero attached hydrogens (tertiary/aromatic N) is 1. The Morgan fingerprint density at radius 3 is 2.52 bits per heavy atom. The number of ether oxygens (including phenoxy) is 1. The number of rotatable bonds is 4. The topological polar surface area (TPSA) is 64.1 Å². The number of hydrogen-bond acceptors (Lipinski definition) is 3. The van der Waals surface area contributed by atoms with Crippen molar-refractivity contribution in [3.8, 4) is 11.4 Å². The molecule has 0 saturated heterocycles. The zero-order chi connectivity index (χ0) is 20.4. The molecule has 0 amide bonds. The minimum Gasteiger partial charge on any atom is -0.427 e. The number of fused-ring (bicyclic) bond motifs is 1. The Morgan fingerprint density at radius 2 is 1.79 bits per heavy atom. The maximum atomic E-state index is 13.0. The first-order valence-corrected chi connectivity index (χ1v) is 9.37. The minimum absolute atomic E-state index is 0.174. The van der Waals surface area contributed by atoms with Gasteiger partial charge in [0.1, 0.15) is 5.75 Å². The summed E-state index contributed by atoms with van der Waals surface area (Å²) in [6.07, 6.45) is 2.08. The Morgan fingerprint density at radius 1 is 1.07 bits per heavy atom. The number of benzene rings is 3. The van der Waals surface area contributed by atoms with E-state index in [9.17, 15) is 9.59 Å². The average Bonchev–Trinajstić information content (AvgIpc) is 3.03. The largest absolute Gasteiger partial charge is 0.427 e. The molecule has 0 saturated carbocycles. The first kappa shape index (κ1) is 18.5. The summed E-state index contributed by atoms with van der Waals surface area (Å²) in [5.74, 6) is 0.192. The maximum Gasteiger partial charge on any atom is 0.310 e. The van der Waals surface area contributed by atoms with Crippen LogP contribution in [0.2, 0.25) is 0 Å². The number of hydrogen-bond donors (Lipinski definition) is 1. The second kappa shape index (κ2) is 7.64. The van der Waals surface area contributed by atoms with Crippen LogP contribution in [0.4, 0.5) is 0 Å². The standard InChI is InChI=1S/C24H20N2O3/c1-3-23(27)29-21-12-8-17(9-13-21)14-22-16(2)25-26(24(22)28)20-11-10-18-6-4-5-7-19(18)15-20/h4-15,25H,2-3H2,1H3/b22-14-. The molecule has 1 N–H and O–H groups in total. The summed E-state index contributed by atoms with van der Waals surface area (Å²) in [5.41, 5.74) is 1.39. The summed E-state index contributed by atoms with van der Waals surface area (Å²) in [7, 11) is 0. The predicted octanol–water partition coefficient (Wildman–Crippen LogP) is 2.87. The fraction of sp³-hybridized carbons (Fsp3) is 0.0833. The summed E-state index contributed by atoms with van der Waals surface area (Å²) >= 11 is 0. The highest BCUT2D eigenvalue weighted by molar-refractivity contribution is 5.84. The number of H-pyrrole nitrogens is 1. The summed E-state index contributed by atoms with van der Waals surface area (Å²) in [5, 5.41) is 6.23. The third-order valence-electron chi connectivity index (χ3n) is 4.71. The molecule has 0 aliphatic heterocycles. The minimum atomic E-state index is -0.286. The van der Waals surface area contributed by atoms with Gasteiger partial charge in [-0.15, -0.1) is 0 Å². The van der Waals surface area contributed by atoms with Crippen molar-refractivity contribution in [2.45, 2.75) is 13.3 Å². The lowest BCUT2D eigenvalue weighted by Crippen LogP contribution is -2.33. The van der Waals surface area contributed by atoms with Gasteiger partial charge in [-0.1, -0.05) is 56.0 Å². The van der Waals surface area contributed by atoms with Gasteiger partial charge in [0.15, 0.2) is 0 Å². The van der Waals surface area contributed by atoms with Crippen LogP contribution in [0.1, 0.15) is 18.9 Å². The molecule has 5 heteroatoms. The zero-order valence-electron chi connectivity index (χ0n) is 16.0. The lowest BCUT2D eigenvalue weighted by Gasteiger charge is -2.03. The van der Waals surface area contributed by atoms with Crippen LogP contribution in [-0.4, -0.2) is 15.7 Å². The predicted molar refractivity (Wildman–Crippen MR) is 115 cm³/mol. The van der Waals surface area contributed by atoms with Gasteiger partial charge in [0.05, 0.1) is 16.3 Å². The van der Waals surface area contributed by atoms with Crippen molar-refractivity contribution in [3.05, 3.63) is 93.2 Å². The van der Waals surface area contributed by atoms with E-state index < -0.39 is 0 Å². The molecular formula is C24H20N2O3. The monoisotopic (exact) mass is 384 g/mol. The van der Waals surface area contributed by atoms with Crippen LogP contribution >= 0.6 is 0 Å². The molecule has 0 fully saturated rings. The first-order valence-electron chi connectivity index (χ1n) is 9.37. The number of carbonyl (C=O) groups is 1. The highest BCUT2D eigenvalue weighted by atomic mass is 16.5. The van der Waals surface area contributed by atoms with Gasteiger partial charge < -0.3 is 4.74 Å². The van der Waals surface area contributed by atoms with Crippen LogP contribution in [-0.2, 0) is 4.79 Å². The molecule has 1 aromatic heterocycles. The van der Waals surface area contributed by atoms with Crippen LogP contribution in [0.5, 0.6) is 5.75 Å². The van der Waals surface area contributed by atoms with E-state index in [1.165, 1.54) is 4.68 Å². The number of nitrogens with one attached hydrogen (secondary N) is 1. The quantitative estimate of drug-likeness (QED) is 0.435. The molecule has 0 atom stereocenters. The van der Waals surface area contributed by atoms with E-state index in [-0.39, 0.29) is 11.5 Å². The summed E-state index contributed by atoms with van der Waals surface area (Å²) in [4.78, 5) is 24.4. The molecule has 5 nitrogen and oxygen atoms in total. The van der Waals surface area contributed by atoms with Crippen molar-refractivity contribution in [1.82, 2.24) is 9.78 Å². The maximum absolute atomic E-state index is 13.0. The Balaban J connectivity index is 1.72. The summed E-state index contributed by atoms with van der Waals surface area (Å²) in [6, 6.07) is 20.9.